The Morgan fingerprint density at radius 3 is 2.38 bits per heavy atom. The summed E-state index contributed by atoms with van der Waals surface area (Å²) in [6.07, 6.45) is -0.969. The van der Waals surface area contributed by atoms with Crippen molar-refractivity contribution in [1.29, 1.82) is 0 Å². The molecular formula is C5H12KNO5S. The molecule has 0 aliphatic heterocycles. The minimum absolute atomic E-state index is 0. The number of aliphatic hydroxyl groups is 1. The second-order valence-corrected chi connectivity index (χ2v) is 3.83. The Morgan fingerprint density at radius 2 is 2.08 bits per heavy atom. The molecule has 1 atom stereocenters. The van der Waals surface area contributed by atoms with E-state index in [-0.39, 0.29) is 64.5 Å². The van der Waals surface area contributed by atoms with Gasteiger partial charge in [-0.05, 0) is 0 Å². The number of likely N-dealkylation sites (N-methyl/N-ethyl adjacent to an activating group) is 1. The van der Waals surface area contributed by atoms with Crippen molar-refractivity contribution in [2.24, 2.45) is 0 Å². The zero-order valence-corrected chi connectivity index (χ0v) is 11.9. The first-order chi connectivity index (χ1) is 5.38. The molecule has 0 spiro atoms. The van der Waals surface area contributed by atoms with Crippen molar-refractivity contribution in [3.63, 3.8) is 0 Å². The molecule has 8 heteroatoms. The summed E-state index contributed by atoms with van der Waals surface area (Å²) in [5, 5.41) is 9.01. The molecule has 0 aliphatic carbocycles. The van der Waals surface area contributed by atoms with Gasteiger partial charge in [0.2, 0.25) is 0 Å². The third kappa shape index (κ3) is 8.42. The quantitative estimate of drug-likeness (QED) is 0.384. The smallest absolute Gasteiger partial charge is 0.735 e. The van der Waals surface area contributed by atoms with Gasteiger partial charge in [0.15, 0.2) is 10.3 Å². The van der Waals surface area contributed by atoms with Gasteiger partial charge < -0.3 is 14.4 Å². The Kier molecular flexibility index (Phi) is 9.95. The summed E-state index contributed by atoms with van der Waals surface area (Å²) in [7, 11) is -1.98. The Bertz CT molecular complexity index is 219. The third-order valence-electron chi connectivity index (χ3n) is 1.21. The van der Waals surface area contributed by atoms with E-state index in [9.17, 15) is 13.0 Å². The molecule has 0 bridgehead atoms. The molecule has 0 rings (SSSR count). The van der Waals surface area contributed by atoms with Crippen LogP contribution in [0.2, 0.25) is 0 Å². The predicted molar refractivity (Wildman–Crippen MR) is 40.2 cm³/mol. The fraction of sp³-hybridized carbons (Fsp3) is 1.00. The summed E-state index contributed by atoms with van der Waals surface area (Å²) in [5.41, 5.74) is 0. The Labute approximate surface area is 121 Å². The number of aliphatic hydroxyl groups excluding tert-OH is 1. The largest absolute Gasteiger partial charge is 1.00 e. The number of nitrogens with zero attached hydrogens (tertiary/aromatic N) is 1. The molecule has 0 fully saturated rings. The maximum absolute atomic E-state index is 10.3. The van der Waals surface area contributed by atoms with E-state index in [1.165, 1.54) is 7.11 Å². The minimum atomic E-state index is -4.45. The van der Waals surface area contributed by atoms with Crippen LogP contribution in [-0.2, 0) is 15.0 Å². The summed E-state index contributed by atoms with van der Waals surface area (Å²) < 4.78 is 35.9. The Hall–Kier alpha value is 1.43. The van der Waals surface area contributed by atoms with Crippen molar-refractivity contribution in [2.45, 2.75) is 6.10 Å². The number of ether oxygens (including phenoxy) is 1. The first-order valence-corrected chi connectivity index (χ1v) is 4.58. The van der Waals surface area contributed by atoms with Gasteiger partial charge in [-0.1, -0.05) is 0 Å². The van der Waals surface area contributed by atoms with Crippen molar-refractivity contribution in [3.05, 3.63) is 0 Å². The van der Waals surface area contributed by atoms with Gasteiger partial charge in [0.1, 0.15) is 0 Å². The molecule has 0 amide bonds. The molecule has 0 aliphatic rings. The van der Waals surface area contributed by atoms with Crippen molar-refractivity contribution in [3.8, 4) is 0 Å². The van der Waals surface area contributed by atoms with Crippen LogP contribution in [-0.4, -0.2) is 55.8 Å². The minimum Gasteiger partial charge on any atom is -0.735 e. The predicted octanol–water partition coefficient (Wildman–Crippen LogP) is -4.61. The molecule has 13 heavy (non-hydrogen) atoms. The average molecular weight is 237 g/mol. The van der Waals surface area contributed by atoms with Crippen LogP contribution in [0.25, 0.3) is 0 Å². The van der Waals surface area contributed by atoms with Crippen LogP contribution in [0.5, 0.6) is 0 Å². The molecule has 0 radical (unpaired) electrons. The van der Waals surface area contributed by atoms with Crippen LogP contribution in [0.15, 0.2) is 0 Å². The van der Waals surface area contributed by atoms with E-state index in [0.29, 0.717) is 4.31 Å². The van der Waals surface area contributed by atoms with Crippen molar-refractivity contribution < 1.29 is 74.2 Å². The molecular weight excluding hydrogens is 225 g/mol. The third-order valence-corrected chi connectivity index (χ3v) is 2.12. The normalized spacial score (nSPS) is 13.9. The molecule has 6 nitrogen and oxygen atoms in total. The molecule has 0 saturated carbocycles. The van der Waals surface area contributed by atoms with E-state index in [4.69, 9.17) is 5.11 Å². The molecule has 0 aromatic rings. The van der Waals surface area contributed by atoms with Gasteiger partial charge in [0.25, 0.3) is 0 Å². The van der Waals surface area contributed by atoms with E-state index in [1.807, 2.05) is 0 Å². The van der Waals surface area contributed by atoms with Crippen molar-refractivity contribution >= 4 is 10.3 Å². The maximum Gasteiger partial charge on any atom is 1.00 e. The zero-order chi connectivity index (χ0) is 9.78. The molecule has 1 N–H and O–H groups in total. The molecule has 1 unspecified atom stereocenters. The monoisotopic (exact) mass is 237 g/mol. The van der Waals surface area contributed by atoms with Crippen molar-refractivity contribution in [1.82, 2.24) is 4.31 Å². The summed E-state index contributed by atoms with van der Waals surface area (Å²) in [6, 6.07) is 0. The molecule has 0 aromatic carbocycles. The van der Waals surface area contributed by atoms with Gasteiger partial charge in [-0.15, -0.1) is 0 Å². The van der Waals surface area contributed by atoms with Crippen LogP contribution in [0, 0.1) is 0 Å². The van der Waals surface area contributed by atoms with Crippen LogP contribution < -0.4 is 51.4 Å². The second kappa shape index (κ2) is 7.68. The van der Waals surface area contributed by atoms with Crippen molar-refractivity contribution in [2.75, 3.05) is 27.3 Å². The summed E-state index contributed by atoms with van der Waals surface area (Å²) in [6.45, 7) is -0.250. The molecule has 74 valence electrons. The van der Waals surface area contributed by atoms with E-state index in [0.717, 1.165) is 7.05 Å². The molecule has 0 heterocycles. The Morgan fingerprint density at radius 1 is 1.62 bits per heavy atom. The van der Waals surface area contributed by atoms with Gasteiger partial charge in [-0.3, -0.25) is 0 Å². The molecule has 0 aromatic heterocycles. The van der Waals surface area contributed by atoms with Crippen LogP contribution in [0.4, 0.5) is 0 Å². The number of rotatable bonds is 5. The SMILES string of the molecule is COCC(O)CN(C)S(=O)(=O)[O-].[K+]. The first-order valence-electron chi connectivity index (χ1n) is 3.22. The topological polar surface area (TPSA) is 89.9 Å². The fourth-order valence-corrected chi connectivity index (χ4v) is 0.988. The van der Waals surface area contributed by atoms with Gasteiger partial charge in [0, 0.05) is 20.7 Å². The summed E-state index contributed by atoms with van der Waals surface area (Å²) in [5.74, 6) is 0. The summed E-state index contributed by atoms with van der Waals surface area (Å²) in [4.78, 5) is 0. The summed E-state index contributed by atoms with van der Waals surface area (Å²) >= 11 is 0. The van der Waals surface area contributed by atoms with Gasteiger partial charge >= 0.3 is 51.4 Å². The van der Waals surface area contributed by atoms with E-state index in [1.54, 1.807) is 0 Å². The van der Waals surface area contributed by atoms with Gasteiger partial charge in [0.05, 0.1) is 12.7 Å². The Balaban J connectivity index is 0. The number of methoxy groups -OCH3 is 1. The average Bonchev–Trinajstić information content (AvgIpc) is 1.85. The first kappa shape index (κ1) is 16.8. The fourth-order valence-electron chi connectivity index (χ4n) is 0.633. The maximum atomic E-state index is 10.3. The second-order valence-electron chi connectivity index (χ2n) is 2.35. The number of hydrogen-bond donors (Lipinski definition) is 1. The zero-order valence-electron chi connectivity index (χ0n) is 7.93. The van der Waals surface area contributed by atoms with Crippen LogP contribution in [0.1, 0.15) is 0 Å². The van der Waals surface area contributed by atoms with E-state index >= 15 is 0 Å². The van der Waals surface area contributed by atoms with E-state index < -0.39 is 16.4 Å². The van der Waals surface area contributed by atoms with Crippen LogP contribution in [0.3, 0.4) is 0 Å². The standard InChI is InChI=1S/C5H13NO5S.K/c1-6(12(8,9)10)3-5(7)4-11-2;/h5,7H,3-4H2,1-2H3,(H,8,9,10);/q;+1/p-1. The van der Waals surface area contributed by atoms with Crippen LogP contribution >= 0.6 is 0 Å². The molecule has 0 saturated heterocycles. The van der Waals surface area contributed by atoms with Gasteiger partial charge in [-0.2, -0.15) is 0 Å². The number of hydrogen-bond acceptors (Lipinski definition) is 5. The van der Waals surface area contributed by atoms with Gasteiger partial charge in [-0.25, -0.2) is 12.7 Å². The van der Waals surface area contributed by atoms with E-state index in [2.05, 4.69) is 4.74 Å².